The van der Waals surface area contributed by atoms with Gasteiger partial charge in [-0.2, -0.15) is 10.1 Å². The highest BCUT2D eigenvalue weighted by Gasteiger charge is 2.27. The summed E-state index contributed by atoms with van der Waals surface area (Å²) < 4.78 is 23.7. The monoisotopic (exact) mass is 496 g/mol. The lowest BCUT2D eigenvalue weighted by molar-refractivity contribution is 0.0825. The number of hydrogen-bond donors (Lipinski definition) is 0. The van der Waals surface area contributed by atoms with Crippen molar-refractivity contribution in [3.05, 3.63) is 58.9 Å². The molecule has 3 aromatic heterocycles. The van der Waals surface area contributed by atoms with Crippen LogP contribution in [0.2, 0.25) is 5.02 Å². The average Bonchev–Trinajstić information content (AvgIpc) is 3.38. The molecule has 4 aromatic rings. The van der Waals surface area contributed by atoms with Gasteiger partial charge >= 0.3 is 0 Å². The number of ether oxygens (including phenoxy) is 1. The first-order chi connectivity index (χ1) is 16.5. The SMILES string of the molecule is CN(C)c1nc2nc(C3=C[C@H](c4cnn(C5CC5)c4)OCC3)nc(-c3ccc(Cl)cc3F)c2s1. The first-order valence-corrected chi connectivity index (χ1v) is 12.3. The lowest BCUT2D eigenvalue weighted by Gasteiger charge is -2.21. The largest absolute Gasteiger partial charge is 0.369 e. The Bertz CT molecular complexity index is 1430. The third-order valence-electron chi connectivity index (χ3n) is 5.99. The Morgan fingerprint density at radius 3 is 2.82 bits per heavy atom. The first-order valence-electron chi connectivity index (χ1n) is 11.1. The Balaban J connectivity index is 1.46. The van der Waals surface area contributed by atoms with E-state index in [1.165, 1.54) is 30.2 Å². The fourth-order valence-corrected chi connectivity index (χ4v) is 5.13. The van der Waals surface area contributed by atoms with Crippen molar-refractivity contribution >= 4 is 44.0 Å². The second-order valence-corrected chi connectivity index (χ2v) is 10.2. The molecule has 0 bridgehead atoms. The van der Waals surface area contributed by atoms with Gasteiger partial charge in [0.1, 0.15) is 16.6 Å². The molecule has 34 heavy (non-hydrogen) atoms. The number of nitrogens with zero attached hydrogens (tertiary/aromatic N) is 6. The van der Waals surface area contributed by atoms with Crippen LogP contribution in [0, 0.1) is 5.82 Å². The maximum absolute atomic E-state index is 14.9. The lowest BCUT2D eigenvalue weighted by Crippen LogP contribution is -2.11. The van der Waals surface area contributed by atoms with E-state index in [9.17, 15) is 4.39 Å². The van der Waals surface area contributed by atoms with E-state index in [1.54, 1.807) is 12.1 Å². The zero-order chi connectivity index (χ0) is 23.4. The molecule has 7 nitrogen and oxygen atoms in total. The number of thiazole rings is 1. The number of fused-ring (bicyclic) bond motifs is 1. The van der Waals surface area contributed by atoms with E-state index in [0.29, 0.717) is 46.8 Å². The predicted molar refractivity (Wildman–Crippen MR) is 132 cm³/mol. The summed E-state index contributed by atoms with van der Waals surface area (Å²) in [7, 11) is 3.84. The van der Waals surface area contributed by atoms with E-state index in [2.05, 4.69) is 16.3 Å². The van der Waals surface area contributed by atoms with Crippen molar-refractivity contribution in [3.8, 4) is 11.3 Å². The molecular formula is C24H22ClFN6OS. The second kappa shape index (κ2) is 8.41. The van der Waals surface area contributed by atoms with Gasteiger partial charge < -0.3 is 9.64 Å². The van der Waals surface area contributed by atoms with Crippen molar-refractivity contribution in [2.24, 2.45) is 0 Å². The van der Waals surface area contributed by atoms with Crippen molar-refractivity contribution in [1.29, 1.82) is 0 Å². The summed E-state index contributed by atoms with van der Waals surface area (Å²) in [6.45, 7) is 0.539. The molecule has 1 aliphatic carbocycles. The number of benzene rings is 1. The minimum atomic E-state index is -0.426. The normalized spacial score (nSPS) is 18.4. The van der Waals surface area contributed by atoms with Gasteiger partial charge in [-0.1, -0.05) is 22.9 Å². The predicted octanol–water partition coefficient (Wildman–Crippen LogP) is 5.69. The number of hydrogen-bond acceptors (Lipinski definition) is 7. The quantitative estimate of drug-likeness (QED) is 0.353. The summed E-state index contributed by atoms with van der Waals surface area (Å²) >= 11 is 7.44. The third kappa shape index (κ3) is 3.97. The van der Waals surface area contributed by atoms with Crippen molar-refractivity contribution in [3.63, 3.8) is 0 Å². The van der Waals surface area contributed by atoms with E-state index in [1.807, 2.05) is 35.9 Å². The van der Waals surface area contributed by atoms with Gasteiger partial charge in [0.25, 0.3) is 0 Å². The van der Waals surface area contributed by atoms with Gasteiger partial charge in [0.05, 0.1) is 24.5 Å². The van der Waals surface area contributed by atoms with Crippen molar-refractivity contribution < 1.29 is 9.13 Å². The molecule has 174 valence electrons. The molecule has 1 fully saturated rings. The maximum atomic E-state index is 14.9. The van der Waals surface area contributed by atoms with E-state index < -0.39 is 5.82 Å². The van der Waals surface area contributed by atoms with Gasteiger partial charge in [-0.3, -0.25) is 4.68 Å². The molecule has 0 unspecified atom stereocenters. The van der Waals surface area contributed by atoms with Gasteiger partial charge in [0.2, 0.25) is 0 Å². The van der Waals surface area contributed by atoms with Gasteiger partial charge in [0.15, 0.2) is 16.6 Å². The van der Waals surface area contributed by atoms with E-state index in [-0.39, 0.29) is 6.10 Å². The zero-order valence-electron chi connectivity index (χ0n) is 18.7. The minimum Gasteiger partial charge on any atom is -0.369 e. The Labute approximate surface area is 204 Å². The van der Waals surface area contributed by atoms with E-state index in [4.69, 9.17) is 26.3 Å². The summed E-state index contributed by atoms with van der Waals surface area (Å²) in [4.78, 5) is 16.2. The van der Waals surface area contributed by atoms with Crippen molar-refractivity contribution in [2.75, 3.05) is 25.6 Å². The minimum absolute atomic E-state index is 0.223. The fraction of sp³-hybridized carbons (Fsp3) is 0.333. The van der Waals surface area contributed by atoms with Crippen LogP contribution in [0.15, 0.2) is 36.7 Å². The van der Waals surface area contributed by atoms with Crippen LogP contribution in [0.1, 0.15) is 42.8 Å². The summed E-state index contributed by atoms with van der Waals surface area (Å²) in [6.07, 6.45) is 8.75. The number of anilines is 1. The molecule has 0 saturated heterocycles. The summed E-state index contributed by atoms with van der Waals surface area (Å²) in [5.41, 5.74) is 3.41. The van der Waals surface area contributed by atoms with E-state index in [0.717, 1.165) is 21.0 Å². The molecule has 0 radical (unpaired) electrons. The van der Waals surface area contributed by atoms with Crippen molar-refractivity contribution in [1.82, 2.24) is 24.7 Å². The Morgan fingerprint density at radius 1 is 1.21 bits per heavy atom. The van der Waals surface area contributed by atoms with Crippen LogP contribution in [-0.4, -0.2) is 45.4 Å². The van der Waals surface area contributed by atoms with Crippen LogP contribution in [-0.2, 0) is 4.74 Å². The molecule has 4 heterocycles. The number of rotatable bonds is 5. The topological polar surface area (TPSA) is 69.0 Å². The summed E-state index contributed by atoms with van der Waals surface area (Å²) in [5, 5.41) is 5.61. The van der Waals surface area contributed by atoms with Gasteiger partial charge in [-0.15, -0.1) is 0 Å². The standard InChI is InChI=1S/C24H22ClFN6OS/c1-31(2)24-30-23-21(34-24)20(17-6-3-15(25)10-18(17)26)28-22(29-23)13-7-8-33-19(9-13)14-11-27-32(12-14)16-4-5-16/h3,6,9-12,16,19H,4-5,7-8H2,1-2H3/t19-/m1/s1. The Hall–Kier alpha value is -2.88. The van der Waals surface area contributed by atoms with E-state index >= 15 is 0 Å². The lowest BCUT2D eigenvalue weighted by atomic mass is 10.0. The molecule has 1 saturated carbocycles. The Morgan fingerprint density at radius 2 is 2.06 bits per heavy atom. The molecule has 1 aromatic carbocycles. The van der Waals surface area contributed by atoms with Gasteiger partial charge in [-0.05, 0) is 49.1 Å². The smallest absolute Gasteiger partial charge is 0.187 e. The number of aromatic nitrogens is 5. The molecule has 1 aliphatic heterocycles. The maximum Gasteiger partial charge on any atom is 0.187 e. The number of halogens is 2. The second-order valence-electron chi connectivity index (χ2n) is 8.78. The highest BCUT2D eigenvalue weighted by Crippen LogP contribution is 2.39. The summed E-state index contributed by atoms with van der Waals surface area (Å²) in [6, 6.07) is 5.15. The third-order valence-corrected chi connectivity index (χ3v) is 7.45. The molecule has 0 N–H and O–H groups in total. The molecular weight excluding hydrogens is 475 g/mol. The van der Waals surface area contributed by atoms with Crippen LogP contribution >= 0.6 is 22.9 Å². The molecule has 10 heteroatoms. The van der Waals surface area contributed by atoms with Gasteiger partial charge in [0, 0.05) is 36.4 Å². The van der Waals surface area contributed by atoms with Crippen LogP contribution < -0.4 is 4.90 Å². The molecule has 0 spiro atoms. The van der Waals surface area contributed by atoms with Crippen molar-refractivity contribution in [2.45, 2.75) is 31.4 Å². The van der Waals surface area contributed by atoms with Crippen LogP contribution in [0.5, 0.6) is 0 Å². The highest BCUT2D eigenvalue weighted by molar-refractivity contribution is 7.22. The molecule has 0 amide bonds. The van der Waals surface area contributed by atoms with Crippen LogP contribution in [0.4, 0.5) is 9.52 Å². The fourth-order valence-electron chi connectivity index (χ4n) is 4.04. The zero-order valence-corrected chi connectivity index (χ0v) is 20.3. The molecule has 1 atom stereocenters. The first kappa shape index (κ1) is 21.6. The Kier molecular flexibility index (Phi) is 5.35. The summed E-state index contributed by atoms with van der Waals surface area (Å²) in [5.74, 6) is 0.111. The average molecular weight is 497 g/mol. The van der Waals surface area contributed by atoms with Crippen LogP contribution in [0.25, 0.3) is 27.2 Å². The van der Waals surface area contributed by atoms with Gasteiger partial charge in [-0.25, -0.2) is 14.4 Å². The molecule has 6 rings (SSSR count). The van der Waals surface area contributed by atoms with Crippen LogP contribution in [0.3, 0.4) is 0 Å². The highest BCUT2D eigenvalue weighted by atomic mass is 35.5. The molecule has 2 aliphatic rings.